The Labute approximate surface area is 160 Å². The number of carbonyl (C=O) groups excluding carboxylic acids is 2. The van der Waals surface area contributed by atoms with Crippen LogP contribution in [0.25, 0.3) is 0 Å². The van der Waals surface area contributed by atoms with Crippen molar-refractivity contribution in [2.75, 3.05) is 6.54 Å². The van der Waals surface area contributed by atoms with Crippen LogP contribution in [-0.2, 0) is 16.0 Å². The Balaban J connectivity index is 1.95. The van der Waals surface area contributed by atoms with E-state index in [9.17, 15) is 9.59 Å². The summed E-state index contributed by atoms with van der Waals surface area (Å²) < 4.78 is 11.4. The van der Waals surface area contributed by atoms with Crippen molar-refractivity contribution in [2.24, 2.45) is 0 Å². The highest BCUT2D eigenvalue weighted by atomic mass is 16.6. The molecule has 8 heteroatoms. The van der Waals surface area contributed by atoms with E-state index in [1.165, 1.54) is 0 Å². The van der Waals surface area contributed by atoms with Crippen LogP contribution in [0.1, 0.15) is 47.1 Å². The maximum atomic E-state index is 12.7. The summed E-state index contributed by atoms with van der Waals surface area (Å²) in [6.45, 7) is 11.6. The van der Waals surface area contributed by atoms with Gasteiger partial charge >= 0.3 is 12.1 Å². The van der Waals surface area contributed by atoms with E-state index in [-0.39, 0.29) is 24.7 Å². The maximum absolute atomic E-state index is 12.7. The molecule has 2 N–H and O–H groups in total. The van der Waals surface area contributed by atoms with Gasteiger partial charge in [0, 0.05) is 25.5 Å². The molecule has 2 atom stereocenters. The Morgan fingerprint density at radius 2 is 1.89 bits per heavy atom. The molecule has 1 fully saturated rings. The van der Waals surface area contributed by atoms with E-state index in [1.54, 1.807) is 17.3 Å². The zero-order chi connectivity index (χ0) is 20.2. The van der Waals surface area contributed by atoms with E-state index in [0.29, 0.717) is 6.54 Å². The lowest BCUT2D eigenvalue weighted by molar-refractivity contribution is -0.0756. The quantitative estimate of drug-likeness (QED) is 0.840. The van der Waals surface area contributed by atoms with Gasteiger partial charge < -0.3 is 20.1 Å². The Morgan fingerprint density at radius 1 is 1.26 bits per heavy atom. The molecule has 2 heterocycles. The van der Waals surface area contributed by atoms with Gasteiger partial charge in [-0.3, -0.25) is 9.88 Å². The SMILES string of the molecule is C[C@H]1OC(C)(C)N(C(=O)OC(C)(C)C)[C@@H]1CNC(=O)NCc1ccncc1. The van der Waals surface area contributed by atoms with Crippen LogP contribution in [-0.4, -0.2) is 52.0 Å². The van der Waals surface area contributed by atoms with Crippen molar-refractivity contribution in [3.05, 3.63) is 30.1 Å². The minimum absolute atomic E-state index is 0.243. The number of rotatable bonds is 4. The zero-order valence-electron chi connectivity index (χ0n) is 16.9. The maximum Gasteiger partial charge on any atom is 0.412 e. The first-order valence-corrected chi connectivity index (χ1v) is 9.10. The molecule has 0 aromatic carbocycles. The molecule has 0 saturated carbocycles. The van der Waals surface area contributed by atoms with Gasteiger partial charge in [-0.15, -0.1) is 0 Å². The van der Waals surface area contributed by atoms with Crippen LogP contribution < -0.4 is 10.6 Å². The Hall–Kier alpha value is -2.35. The molecular formula is C19H30N4O4. The van der Waals surface area contributed by atoms with Crippen molar-refractivity contribution in [3.63, 3.8) is 0 Å². The summed E-state index contributed by atoms with van der Waals surface area (Å²) in [6, 6.07) is 3.02. The predicted molar refractivity (Wildman–Crippen MR) is 101 cm³/mol. The number of nitrogens with one attached hydrogen (secondary N) is 2. The third kappa shape index (κ3) is 5.82. The number of hydrogen-bond acceptors (Lipinski definition) is 5. The standard InChI is InChI=1S/C19H30N4O4/c1-13-15(12-22-16(24)21-11-14-7-9-20-10-8-14)23(19(5,6)26-13)17(25)27-18(2,3)4/h7-10,13,15H,11-12H2,1-6H3,(H2,21,22,24)/t13-,15-/m1/s1. The van der Waals surface area contributed by atoms with Crippen LogP contribution in [0.15, 0.2) is 24.5 Å². The number of amides is 3. The molecule has 0 spiro atoms. The van der Waals surface area contributed by atoms with E-state index in [0.717, 1.165) is 5.56 Å². The molecule has 0 bridgehead atoms. The van der Waals surface area contributed by atoms with E-state index in [1.807, 2.05) is 53.7 Å². The number of hydrogen-bond donors (Lipinski definition) is 2. The third-order valence-corrected chi connectivity index (χ3v) is 4.19. The van der Waals surface area contributed by atoms with E-state index >= 15 is 0 Å². The largest absolute Gasteiger partial charge is 0.444 e. The summed E-state index contributed by atoms with van der Waals surface area (Å²) in [4.78, 5) is 30.3. The van der Waals surface area contributed by atoms with Crippen LogP contribution >= 0.6 is 0 Å². The normalized spacial score (nSPS) is 21.6. The average molecular weight is 378 g/mol. The molecule has 1 aliphatic rings. The molecule has 0 aliphatic carbocycles. The summed E-state index contributed by atoms with van der Waals surface area (Å²) in [7, 11) is 0. The first-order chi connectivity index (χ1) is 12.5. The van der Waals surface area contributed by atoms with Crippen molar-refractivity contribution >= 4 is 12.1 Å². The number of nitrogens with zero attached hydrogens (tertiary/aromatic N) is 2. The van der Waals surface area contributed by atoms with Crippen molar-refractivity contribution in [1.29, 1.82) is 0 Å². The molecule has 1 aromatic rings. The zero-order valence-corrected chi connectivity index (χ0v) is 16.9. The molecule has 8 nitrogen and oxygen atoms in total. The monoisotopic (exact) mass is 378 g/mol. The topological polar surface area (TPSA) is 92.8 Å². The summed E-state index contributed by atoms with van der Waals surface area (Å²) in [5.74, 6) is 0. The molecule has 150 valence electrons. The second-order valence-electron chi connectivity index (χ2n) is 8.11. The van der Waals surface area contributed by atoms with Crippen molar-refractivity contribution in [2.45, 2.75) is 71.6 Å². The molecular weight excluding hydrogens is 348 g/mol. The van der Waals surface area contributed by atoms with Crippen molar-refractivity contribution in [1.82, 2.24) is 20.5 Å². The molecule has 1 aromatic heterocycles. The highest BCUT2D eigenvalue weighted by Crippen LogP contribution is 2.33. The van der Waals surface area contributed by atoms with Crippen LogP contribution in [0, 0.1) is 0 Å². The van der Waals surface area contributed by atoms with E-state index in [4.69, 9.17) is 9.47 Å². The average Bonchev–Trinajstić information content (AvgIpc) is 2.78. The van der Waals surface area contributed by atoms with Crippen molar-refractivity contribution < 1.29 is 19.1 Å². The fraction of sp³-hybridized carbons (Fsp3) is 0.632. The van der Waals surface area contributed by atoms with E-state index in [2.05, 4.69) is 15.6 Å². The van der Waals surface area contributed by atoms with Crippen LogP contribution in [0.2, 0.25) is 0 Å². The van der Waals surface area contributed by atoms with Gasteiger partial charge in [0.05, 0.1) is 12.1 Å². The van der Waals surface area contributed by atoms with Gasteiger partial charge in [0.25, 0.3) is 0 Å². The fourth-order valence-electron chi connectivity index (χ4n) is 3.07. The fourth-order valence-corrected chi connectivity index (χ4v) is 3.07. The summed E-state index contributed by atoms with van der Waals surface area (Å²) in [5, 5.41) is 5.60. The molecule has 0 unspecified atom stereocenters. The lowest BCUT2D eigenvalue weighted by atomic mass is 10.1. The summed E-state index contributed by atoms with van der Waals surface area (Å²) in [6.07, 6.45) is 2.65. The van der Waals surface area contributed by atoms with Gasteiger partial charge in [0.1, 0.15) is 11.3 Å². The number of urea groups is 1. The van der Waals surface area contributed by atoms with Gasteiger partial charge in [-0.1, -0.05) is 0 Å². The van der Waals surface area contributed by atoms with E-state index < -0.39 is 17.4 Å². The number of ether oxygens (including phenoxy) is 2. The molecule has 0 radical (unpaired) electrons. The van der Waals surface area contributed by atoms with Crippen LogP contribution in [0.3, 0.4) is 0 Å². The van der Waals surface area contributed by atoms with Crippen LogP contribution in [0.5, 0.6) is 0 Å². The molecule has 2 rings (SSSR count). The minimum Gasteiger partial charge on any atom is -0.444 e. The Kier molecular flexibility index (Phi) is 6.30. The van der Waals surface area contributed by atoms with Crippen molar-refractivity contribution in [3.8, 4) is 0 Å². The van der Waals surface area contributed by atoms with Gasteiger partial charge in [0.2, 0.25) is 0 Å². The molecule has 1 saturated heterocycles. The van der Waals surface area contributed by atoms with Gasteiger partial charge in [-0.05, 0) is 59.2 Å². The molecule has 1 aliphatic heterocycles. The van der Waals surface area contributed by atoms with Gasteiger partial charge in [0.15, 0.2) is 0 Å². The lowest BCUT2D eigenvalue weighted by Crippen LogP contribution is -2.54. The highest BCUT2D eigenvalue weighted by Gasteiger charge is 2.49. The van der Waals surface area contributed by atoms with Gasteiger partial charge in [-0.2, -0.15) is 0 Å². The summed E-state index contributed by atoms with van der Waals surface area (Å²) in [5.41, 5.74) is -0.477. The second-order valence-corrected chi connectivity index (χ2v) is 8.11. The molecule has 3 amide bonds. The Morgan fingerprint density at radius 3 is 2.48 bits per heavy atom. The highest BCUT2D eigenvalue weighted by molar-refractivity contribution is 5.74. The first kappa shape index (κ1) is 21.0. The van der Waals surface area contributed by atoms with Crippen LogP contribution in [0.4, 0.5) is 9.59 Å². The summed E-state index contributed by atoms with van der Waals surface area (Å²) >= 11 is 0. The second kappa shape index (κ2) is 8.12. The smallest absolute Gasteiger partial charge is 0.412 e. The van der Waals surface area contributed by atoms with Gasteiger partial charge in [-0.25, -0.2) is 9.59 Å². The Bertz CT molecular complexity index is 657. The number of pyridine rings is 1. The third-order valence-electron chi connectivity index (χ3n) is 4.19. The molecule has 27 heavy (non-hydrogen) atoms. The first-order valence-electron chi connectivity index (χ1n) is 9.10. The lowest BCUT2D eigenvalue weighted by Gasteiger charge is -2.35. The predicted octanol–water partition coefficient (Wildman–Crippen LogP) is 2.64. The number of aromatic nitrogens is 1. The minimum atomic E-state index is -0.818. The number of carbonyl (C=O) groups is 2.